The van der Waals surface area contributed by atoms with Crippen LogP contribution in [0.25, 0.3) is 0 Å². The van der Waals surface area contributed by atoms with Crippen molar-refractivity contribution >= 4 is 5.97 Å². The van der Waals surface area contributed by atoms with E-state index >= 15 is 0 Å². The van der Waals surface area contributed by atoms with Crippen LogP contribution in [-0.2, 0) is 9.53 Å². The summed E-state index contributed by atoms with van der Waals surface area (Å²) >= 11 is 0. The number of carbonyl (C=O) groups is 1. The van der Waals surface area contributed by atoms with Crippen LogP contribution < -0.4 is 5.73 Å². The first-order valence-corrected chi connectivity index (χ1v) is 5.46. The molecule has 0 spiro atoms. The summed E-state index contributed by atoms with van der Waals surface area (Å²) in [5.41, 5.74) is 5.35. The van der Waals surface area contributed by atoms with E-state index in [1.807, 2.05) is 11.8 Å². The standard InChI is InChI=1S/C10H20N2O3/c1-2-15-9(13)7-8-3-5-12(6-4-8)10(11)14/h8,10,14H,2-7,11H2,1H3. The molecule has 1 aliphatic rings. The molecule has 0 radical (unpaired) electrons. The lowest BCUT2D eigenvalue weighted by molar-refractivity contribution is -0.144. The number of hydrogen-bond donors (Lipinski definition) is 2. The first-order valence-electron chi connectivity index (χ1n) is 5.46. The van der Waals surface area contributed by atoms with Gasteiger partial charge in [0.15, 0.2) is 6.35 Å². The molecule has 1 unspecified atom stereocenters. The molecule has 5 nitrogen and oxygen atoms in total. The minimum Gasteiger partial charge on any atom is -0.466 e. The molecule has 5 heteroatoms. The molecule has 1 atom stereocenters. The lowest BCUT2D eigenvalue weighted by Crippen LogP contribution is -2.46. The van der Waals surface area contributed by atoms with Crippen molar-refractivity contribution in [3.05, 3.63) is 0 Å². The quantitative estimate of drug-likeness (QED) is 0.506. The number of piperidine rings is 1. The third kappa shape index (κ3) is 4.15. The van der Waals surface area contributed by atoms with E-state index in [0.717, 1.165) is 25.9 Å². The molecule has 1 aliphatic heterocycles. The lowest BCUT2D eigenvalue weighted by atomic mass is 9.94. The molecular formula is C10H20N2O3. The van der Waals surface area contributed by atoms with Crippen LogP contribution in [0.3, 0.4) is 0 Å². The third-order valence-electron chi connectivity index (χ3n) is 2.78. The van der Waals surface area contributed by atoms with E-state index in [2.05, 4.69) is 0 Å². The maximum Gasteiger partial charge on any atom is 0.306 e. The molecule has 0 aromatic carbocycles. The Morgan fingerprint density at radius 2 is 2.20 bits per heavy atom. The molecule has 1 fully saturated rings. The lowest BCUT2D eigenvalue weighted by Gasteiger charge is -2.32. The SMILES string of the molecule is CCOC(=O)CC1CCN(C(N)O)CC1. The van der Waals surface area contributed by atoms with Crippen molar-refractivity contribution in [2.24, 2.45) is 11.7 Å². The maximum absolute atomic E-state index is 11.2. The first kappa shape index (κ1) is 12.4. The highest BCUT2D eigenvalue weighted by atomic mass is 16.5. The van der Waals surface area contributed by atoms with Gasteiger partial charge >= 0.3 is 5.97 Å². The fourth-order valence-corrected chi connectivity index (χ4v) is 1.88. The minimum absolute atomic E-state index is 0.121. The summed E-state index contributed by atoms with van der Waals surface area (Å²) in [4.78, 5) is 13.0. The van der Waals surface area contributed by atoms with Crippen molar-refractivity contribution in [3.63, 3.8) is 0 Å². The summed E-state index contributed by atoms with van der Waals surface area (Å²) in [6.07, 6.45) is 1.41. The molecule has 3 N–H and O–H groups in total. The molecular weight excluding hydrogens is 196 g/mol. The summed E-state index contributed by atoms with van der Waals surface area (Å²) in [6, 6.07) is 0. The van der Waals surface area contributed by atoms with Gasteiger partial charge in [-0.1, -0.05) is 0 Å². The van der Waals surface area contributed by atoms with Crippen LogP contribution in [0.15, 0.2) is 0 Å². The van der Waals surface area contributed by atoms with E-state index < -0.39 is 6.35 Å². The number of aliphatic hydroxyl groups excluding tert-OH is 1. The van der Waals surface area contributed by atoms with E-state index in [-0.39, 0.29) is 5.97 Å². The second-order valence-corrected chi connectivity index (χ2v) is 3.90. The van der Waals surface area contributed by atoms with Gasteiger partial charge in [-0.05, 0) is 25.7 Å². The van der Waals surface area contributed by atoms with Crippen molar-refractivity contribution < 1.29 is 14.6 Å². The van der Waals surface area contributed by atoms with Gasteiger partial charge in [-0.3, -0.25) is 15.4 Å². The van der Waals surface area contributed by atoms with Crippen LogP contribution in [0.4, 0.5) is 0 Å². The summed E-state index contributed by atoms with van der Waals surface area (Å²) in [5.74, 6) is 0.253. The fourth-order valence-electron chi connectivity index (χ4n) is 1.88. The number of hydrogen-bond acceptors (Lipinski definition) is 5. The number of nitrogens with zero attached hydrogens (tertiary/aromatic N) is 1. The minimum atomic E-state index is -0.867. The second kappa shape index (κ2) is 6.05. The molecule has 1 saturated heterocycles. The topological polar surface area (TPSA) is 75.8 Å². The highest BCUT2D eigenvalue weighted by Crippen LogP contribution is 2.21. The van der Waals surface area contributed by atoms with Crippen LogP contribution in [0, 0.1) is 5.92 Å². The Morgan fingerprint density at radius 1 is 1.60 bits per heavy atom. The van der Waals surface area contributed by atoms with Crippen LogP contribution in [-0.4, -0.2) is 42.0 Å². The highest BCUT2D eigenvalue weighted by Gasteiger charge is 2.23. The maximum atomic E-state index is 11.2. The summed E-state index contributed by atoms with van der Waals surface area (Å²) in [6.45, 7) is 3.76. The monoisotopic (exact) mass is 216 g/mol. The van der Waals surface area contributed by atoms with Gasteiger partial charge in [0, 0.05) is 19.5 Å². The van der Waals surface area contributed by atoms with Gasteiger partial charge in [0.1, 0.15) is 0 Å². The van der Waals surface area contributed by atoms with Crippen LogP contribution in [0.5, 0.6) is 0 Å². The van der Waals surface area contributed by atoms with Gasteiger partial charge in [-0.15, -0.1) is 0 Å². The average Bonchev–Trinajstić information content (AvgIpc) is 2.18. The smallest absolute Gasteiger partial charge is 0.306 e. The molecule has 0 amide bonds. The number of esters is 1. The van der Waals surface area contributed by atoms with Gasteiger partial charge in [-0.25, -0.2) is 0 Å². The van der Waals surface area contributed by atoms with Crippen molar-refractivity contribution in [1.29, 1.82) is 0 Å². The van der Waals surface area contributed by atoms with Crippen molar-refractivity contribution in [2.45, 2.75) is 32.5 Å². The first-order chi connectivity index (χ1) is 7.13. The third-order valence-corrected chi connectivity index (χ3v) is 2.78. The predicted molar refractivity (Wildman–Crippen MR) is 55.7 cm³/mol. The molecule has 1 rings (SSSR count). The Balaban J connectivity index is 2.22. The molecule has 0 saturated carbocycles. The van der Waals surface area contributed by atoms with Gasteiger partial charge in [-0.2, -0.15) is 0 Å². The zero-order chi connectivity index (χ0) is 11.3. The Bertz CT molecular complexity index is 201. The molecule has 15 heavy (non-hydrogen) atoms. The van der Waals surface area contributed by atoms with Crippen LogP contribution >= 0.6 is 0 Å². The van der Waals surface area contributed by atoms with E-state index in [1.54, 1.807) is 0 Å². The zero-order valence-electron chi connectivity index (χ0n) is 9.19. The van der Waals surface area contributed by atoms with Crippen molar-refractivity contribution in [3.8, 4) is 0 Å². The molecule has 0 bridgehead atoms. The number of likely N-dealkylation sites (tertiary alicyclic amines) is 1. The number of carbonyl (C=O) groups excluding carboxylic acids is 1. The fraction of sp³-hybridized carbons (Fsp3) is 0.900. The highest BCUT2D eigenvalue weighted by molar-refractivity contribution is 5.69. The summed E-state index contributed by atoms with van der Waals surface area (Å²) in [5, 5.41) is 9.14. The Kier molecular flexibility index (Phi) is 5.01. The van der Waals surface area contributed by atoms with Crippen molar-refractivity contribution in [1.82, 2.24) is 4.90 Å². The van der Waals surface area contributed by atoms with E-state index in [0.29, 0.717) is 18.9 Å². The van der Waals surface area contributed by atoms with Gasteiger partial charge in [0.2, 0.25) is 0 Å². The summed E-state index contributed by atoms with van der Waals surface area (Å²) in [7, 11) is 0. The number of aliphatic hydroxyl groups is 1. The van der Waals surface area contributed by atoms with Gasteiger partial charge in [0.25, 0.3) is 0 Å². The van der Waals surface area contributed by atoms with E-state index in [1.165, 1.54) is 0 Å². The second-order valence-electron chi connectivity index (χ2n) is 3.90. The van der Waals surface area contributed by atoms with Gasteiger partial charge < -0.3 is 9.84 Å². The summed E-state index contributed by atoms with van der Waals surface area (Å²) < 4.78 is 4.89. The van der Waals surface area contributed by atoms with Gasteiger partial charge in [0.05, 0.1) is 6.61 Å². The van der Waals surface area contributed by atoms with E-state index in [9.17, 15) is 4.79 Å². The molecule has 0 aliphatic carbocycles. The van der Waals surface area contributed by atoms with Crippen LogP contribution in [0.2, 0.25) is 0 Å². The predicted octanol–water partition coefficient (Wildman–Crippen LogP) is -0.114. The molecule has 1 heterocycles. The Labute approximate surface area is 90.2 Å². The molecule has 0 aromatic rings. The average molecular weight is 216 g/mol. The van der Waals surface area contributed by atoms with Crippen molar-refractivity contribution in [2.75, 3.05) is 19.7 Å². The normalized spacial score (nSPS) is 21.3. The molecule has 0 aromatic heterocycles. The van der Waals surface area contributed by atoms with Crippen LogP contribution in [0.1, 0.15) is 26.2 Å². The zero-order valence-corrected chi connectivity index (χ0v) is 9.19. The number of ether oxygens (including phenoxy) is 1. The number of rotatable bonds is 4. The Morgan fingerprint density at radius 3 is 2.67 bits per heavy atom. The Hall–Kier alpha value is -0.650. The largest absolute Gasteiger partial charge is 0.466 e. The number of nitrogens with two attached hydrogens (primary N) is 1. The van der Waals surface area contributed by atoms with E-state index in [4.69, 9.17) is 15.6 Å². The molecule has 88 valence electrons.